The van der Waals surface area contributed by atoms with Gasteiger partial charge in [-0.05, 0) is 31.3 Å². The Morgan fingerprint density at radius 3 is 2.78 bits per heavy atom. The largest absolute Gasteiger partial charge is 0.332 e. The predicted octanol–water partition coefficient (Wildman–Crippen LogP) is 3.83. The van der Waals surface area contributed by atoms with Gasteiger partial charge in [-0.15, -0.1) is 0 Å². The van der Waals surface area contributed by atoms with Gasteiger partial charge in [0.05, 0.1) is 0 Å². The van der Waals surface area contributed by atoms with Gasteiger partial charge in [-0.3, -0.25) is 4.79 Å². The van der Waals surface area contributed by atoms with E-state index in [0.717, 1.165) is 13.0 Å². The fourth-order valence-electron chi connectivity index (χ4n) is 3.03. The third-order valence-corrected chi connectivity index (χ3v) is 4.22. The van der Waals surface area contributed by atoms with Gasteiger partial charge < -0.3 is 4.90 Å². The molecule has 0 unspecified atom stereocenters. The molecule has 2 heteroatoms. The molecule has 2 aliphatic rings. The zero-order valence-corrected chi connectivity index (χ0v) is 11.6. The summed E-state index contributed by atoms with van der Waals surface area (Å²) in [4.78, 5) is 14.1. The average molecular weight is 247 g/mol. The number of amides is 1. The van der Waals surface area contributed by atoms with E-state index in [1.165, 1.54) is 56.1 Å². The van der Waals surface area contributed by atoms with Crippen molar-refractivity contribution < 1.29 is 4.79 Å². The molecule has 1 amide bonds. The molecule has 0 saturated heterocycles. The first-order valence-electron chi connectivity index (χ1n) is 7.41. The molecule has 0 N–H and O–H groups in total. The van der Waals surface area contributed by atoms with E-state index < -0.39 is 0 Å². The molecule has 1 heterocycles. The second-order valence-electron chi connectivity index (χ2n) is 5.63. The van der Waals surface area contributed by atoms with E-state index in [9.17, 15) is 4.79 Å². The van der Waals surface area contributed by atoms with Crippen molar-refractivity contribution in [1.29, 1.82) is 0 Å². The number of hydrogen-bond donors (Lipinski definition) is 0. The van der Waals surface area contributed by atoms with Gasteiger partial charge in [0, 0.05) is 18.7 Å². The summed E-state index contributed by atoms with van der Waals surface area (Å²) in [6.07, 6.45) is 11.5. The van der Waals surface area contributed by atoms with Gasteiger partial charge in [0.15, 0.2) is 0 Å². The first kappa shape index (κ1) is 13.4. The number of nitrogens with zero attached hydrogens (tertiary/aromatic N) is 1. The Kier molecular flexibility index (Phi) is 4.62. The van der Waals surface area contributed by atoms with Crippen LogP contribution in [0.15, 0.2) is 23.8 Å². The Hall–Kier alpha value is -1.05. The van der Waals surface area contributed by atoms with Crippen molar-refractivity contribution in [3.8, 4) is 0 Å². The highest BCUT2D eigenvalue weighted by Gasteiger charge is 2.30. The van der Waals surface area contributed by atoms with Crippen molar-refractivity contribution in [1.82, 2.24) is 4.90 Å². The minimum atomic E-state index is 0.216. The fraction of sp³-hybridized carbons (Fsp3) is 0.688. The molecule has 1 saturated carbocycles. The maximum absolute atomic E-state index is 12.0. The number of rotatable bonds is 6. The number of unbranched alkanes of at least 4 members (excludes halogenated alkanes) is 2. The lowest BCUT2D eigenvalue weighted by molar-refractivity contribution is -0.126. The lowest BCUT2D eigenvalue weighted by Crippen LogP contribution is -2.35. The van der Waals surface area contributed by atoms with Crippen molar-refractivity contribution in [3.05, 3.63) is 23.8 Å². The van der Waals surface area contributed by atoms with E-state index in [-0.39, 0.29) is 5.91 Å². The standard InChI is InChI=1S/C16H25NO/c1-3-4-5-8-13(2)14-11-16(18)17(12-14)15-9-6-7-10-15/h11,15H,2-10,12H2,1H3. The molecule has 0 radical (unpaired) electrons. The zero-order chi connectivity index (χ0) is 13.0. The maximum atomic E-state index is 12.0. The van der Waals surface area contributed by atoms with E-state index in [1.54, 1.807) is 0 Å². The minimum absolute atomic E-state index is 0.216. The van der Waals surface area contributed by atoms with Gasteiger partial charge in [-0.2, -0.15) is 0 Å². The van der Waals surface area contributed by atoms with Gasteiger partial charge in [0.2, 0.25) is 5.91 Å². The minimum Gasteiger partial charge on any atom is -0.332 e. The van der Waals surface area contributed by atoms with E-state index in [1.807, 2.05) is 6.08 Å². The lowest BCUT2D eigenvalue weighted by atomic mass is 10.0. The summed E-state index contributed by atoms with van der Waals surface area (Å²) in [5.74, 6) is 0.216. The van der Waals surface area contributed by atoms with Gasteiger partial charge in [-0.1, -0.05) is 44.8 Å². The van der Waals surface area contributed by atoms with Crippen LogP contribution in [0.1, 0.15) is 58.3 Å². The Balaban J connectivity index is 1.86. The Bertz CT molecular complexity index is 350. The molecule has 18 heavy (non-hydrogen) atoms. The van der Waals surface area contributed by atoms with Crippen molar-refractivity contribution >= 4 is 5.91 Å². The Morgan fingerprint density at radius 1 is 1.39 bits per heavy atom. The monoisotopic (exact) mass is 247 g/mol. The molecule has 0 aromatic carbocycles. The maximum Gasteiger partial charge on any atom is 0.247 e. The van der Waals surface area contributed by atoms with Crippen LogP contribution in [0, 0.1) is 0 Å². The third kappa shape index (κ3) is 3.04. The van der Waals surface area contributed by atoms with E-state index >= 15 is 0 Å². The molecule has 0 bridgehead atoms. The molecule has 0 aromatic rings. The van der Waals surface area contributed by atoms with Crippen molar-refractivity contribution in [2.75, 3.05) is 6.54 Å². The van der Waals surface area contributed by atoms with Crippen molar-refractivity contribution in [3.63, 3.8) is 0 Å². The van der Waals surface area contributed by atoms with Crippen LogP contribution in [0.25, 0.3) is 0 Å². The molecule has 0 spiro atoms. The van der Waals surface area contributed by atoms with Crippen LogP contribution in [0.3, 0.4) is 0 Å². The van der Waals surface area contributed by atoms with Crippen LogP contribution >= 0.6 is 0 Å². The van der Waals surface area contributed by atoms with Crippen LogP contribution in [0.4, 0.5) is 0 Å². The molecule has 100 valence electrons. The number of hydrogen-bond acceptors (Lipinski definition) is 1. The summed E-state index contributed by atoms with van der Waals surface area (Å²) in [6, 6.07) is 0.495. The fourth-order valence-corrected chi connectivity index (χ4v) is 3.03. The summed E-state index contributed by atoms with van der Waals surface area (Å²) < 4.78 is 0. The highest BCUT2D eigenvalue weighted by Crippen LogP contribution is 2.29. The summed E-state index contributed by atoms with van der Waals surface area (Å²) in [5.41, 5.74) is 2.36. The van der Waals surface area contributed by atoms with Crippen LogP contribution in [-0.2, 0) is 4.79 Å². The molecule has 2 rings (SSSR count). The number of carbonyl (C=O) groups is 1. The summed E-state index contributed by atoms with van der Waals surface area (Å²) in [7, 11) is 0. The van der Waals surface area contributed by atoms with Gasteiger partial charge in [-0.25, -0.2) is 0 Å². The van der Waals surface area contributed by atoms with Crippen LogP contribution in [0.2, 0.25) is 0 Å². The van der Waals surface area contributed by atoms with E-state index in [2.05, 4.69) is 18.4 Å². The summed E-state index contributed by atoms with van der Waals surface area (Å²) >= 11 is 0. The van der Waals surface area contributed by atoms with E-state index in [0.29, 0.717) is 6.04 Å². The van der Waals surface area contributed by atoms with Crippen LogP contribution in [0.5, 0.6) is 0 Å². The predicted molar refractivity (Wildman–Crippen MR) is 75.3 cm³/mol. The molecule has 0 aromatic heterocycles. The second-order valence-corrected chi connectivity index (χ2v) is 5.63. The normalized spacial score (nSPS) is 20.6. The quantitative estimate of drug-likeness (QED) is 0.653. The smallest absolute Gasteiger partial charge is 0.247 e. The van der Waals surface area contributed by atoms with Crippen molar-refractivity contribution in [2.24, 2.45) is 0 Å². The van der Waals surface area contributed by atoms with Gasteiger partial charge in [0.1, 0.15) is 0 Å². The average Bonchev–Trinajstić information content (AvgIpc) is 2.97. The number of carbonyl (C=O) groups excluding carboxylic acids is 1. The summed E-state index contributed by atoms with van der Waals surface area (Å²) in [6.45, 7) is 7.18. The highest BCUT2D eigenvalue weighted by molar-refractivity contribution is 5.92. The first-order chi connectivity index (χ1) is 8.72. The van der Waals surface area contributed by atoms with Gasteiger partial charge in [0.25, 0.3) is 0 Å². The topological polar surface area (TPSA) is 20.3 Å². The molecule has 1 aliphatic carbocycles. The Labute approximate surface area is 111 Å². The molecule has 2 nitrogen and oxygen atoms in total. The Morgan fingerprint density at radius 2 is 2.11 bits per heavy atom. The summed E-state index contributed by atoms with van der Waals surface area (Å²) in [5, 5.41) is 0. The van der Waals surface area contributed by atoms with Gasteiger partial charge >= 0.3 is 0 Å². The van der Waals surface area contributed by atoms with Crippen LogP contribution < -0.4 is 0 Å². The highest BCUT2D eigenvalue weighted by atomic mass is 16.2. The molecule has 0 atom stereocenters. The molecular weight excluding hydrogens is 222 g/mol. The SMILES string of the molecule is C=C(CCCCC)C1=CC(=O)N(C2CCCC2)C1. The third-order valence-electron chi connectivity index (χ3n) is 4.22. The van der Waals surface area contributed by atoms with Crippen LogP contribution in [-0.4, -0.2) is 23.4 Å². The second kappa shape index (κ2) is 6.21. The molecule has 1 fully saturated rings. The molecular formula is C16H25NO. The zero-order valence-electron chi connectivity index (χ0n) is 11.6. The van der Waals surface area contributed by atoms with E-state index in [4.69, 9.17) is 0 Å². The first-order valence-corrected chi connectivity index (χ1v) is 7.41. The molecule has 1 aliphatic heterocycles. The lowest BCUT2D eigenvalue weighted by Gasteiger charge is -2.24. The van der Waals surface area contributed by atoms with Crippen molar-refractivity contribution in [2.45, 2.75) is 64.3 Å².